The zero-order valence-corrected chi connectivity index (χ0v) is 13.5. The fraction of sp³-hybridized carbons (Fsp3) is 0.714. The third-order valence-corrected chi connectivity index (χ3v) is 3.49. The Morgan fingerprint density at radius 2 is 2.10 bits per heavy atom. The van der Waals surface area contributed by atoms with E-state index in [0.717, 1.165) is 5.82 Å². The number of piperazine rings is 1. The SMILES string of the molecule is C[C@@H]1CN(C(=O)OC(C)(C)C)CCN1c1c(N)cnn1C. The van der Waals surface area contributed by atoms with Gasteiger partial charge in [-0.15, -0.1) is 0 Å². The summed E-state index contributed by atoms with van der Waals surface area (Å²) in [6.07, 6.45) is 1.40. The van der Waals surface area contributed by atoms with Crippen LogP contribution in [0.3, 0.4) is 0 Å². The van der Waals surface area contributed by atoms with Crippen LogP contribution in [-0.2, 0) is 11.8 Å². The van der Waals surface area contributed by atoms with Gasteiger partial charge in [0.25, 0.3) is 0 Å². The Kier molecular flexibility index (Phi) is 4.02. The minimum Gasteiger partial charge on any atom is -0.444 e. The molecule has 2 N–H and O–H groups in total. The van der Waals surface area contributed by atoms with Crippen molar-refractivity contribution < 1.29 is 9.53 Å². The molecule has 0 bridgehead atoms. The van der Waals surface area contributed by atoms with Crippen molar-refractivity contribution in [1.82, 2.24) is 14.7 Å². The van der Waals surface area contributed by atoms with Crippen LogP contribution in [0.1, 0.15) is 27.7 Å². The van der Waals surface area contributed by atoms with E-state index in [1.165, 1.54) is 0 Å². The highest BCUT2D eigenvalue weighted by Gasteiger charge is 2.31. The molecule has 1 fully saturated rings. The van der Waals surface area contributed by atoms with Crippen LogP contribution in [-0.4, -0.2) is 52.1 Å². The smallest absolute Gasteiger partial charge is 0.410 e. The molecule has 7 nitrogen and oxygen atoms in total. The van der Waals surface area contributed by atoms with Crippen molar-refractivity contribution in [3.05, 3.63) is 6.20 Å². The summed E-state index contributed by atoms with van der Waals surface area (Å²) in [6, 6.07) is 0.156. The van der Waals surface area contributed by atoms with E-state index in [1.54, 1.807) is 15.8 Å². The number of aryl methyl sites for hydroxylation is 1. The molecule has 21 heavy (non-hydrogen) atoms. The van der Waals surface area contributed by atoms with Gasteiger partial charge < -0.3 is 20.3 Å². The van der Waals surface area contributed by atoms with Crippen molar-refractivity contribution in [1.29, 1.82) is 0 Å². The number of hydrogen-bond donors (Lipinski definition) is 1. The van der Waals surface area contributed by atoms with E-state index in [2.05, 4.69) is 16.9 Å². The molecule has 0 spiro atoms. The van der Waals surface area contributed by atoms with E-state index < -0.39 is 5.60 Å². The second-order valence-electron chi connectivity index (χ2n) is 6.52. The molecule has 1 aromatic rings. The van der Waals surface area contributed by atoms with Crippen LogP contribution in [0.15, 0.2) is 6.20 Å². The van der Waals surface area contributed by atoms with Crippen molar-refractivity contribution in [3.8, 4) is 0 Å². The molecule has 0 aliphatic carbocycles. The second kappa shape index (κ2) is 5.46. The minimum absolute atomic E-state index is 0.156. The lowest BCUT2D eigenvalue weighted by Gasteiger charge is -2.41. The van der Waals surface area contributed by atoms with Gasteiger partial charge in [0, 0.05) is 32.7 Å². The number of nitrogens with zero attached hydrogens (tertiary/aromatic N) is 4. The number of nitrogen functional groups attached to an aromatic ring is 1. The van der Waals surface area contributed by atoms with Crippen molar-refractivity contribution in [2.24, 2.45) is 7.05 Å². The van der Waals surface area contributed by atoms with Crippen LogP contribution in [0.4, 0.5) is 16.3 Å². The first-order valence-electron chi connectivity index (χ1n) is 7.21. The topological polar surface area (TPSA) is 76.6 Å². The van der Waals surface area contributed by atoms with Gasteiger partial charge in [-0.2, -0.15) is 5.10 Å². The molecule has 1 aliphatic rings. The summed E-state index contributed by atoms with van der Waals surface area (Å²) in [5.41, 5.74) is 6.18. The fourth-order valence-electron chi connectivity index (χ4n) is 2.56. The lowest BCUT2D eigenvalue weighted by Crippen LogP contribution is -2.55. The number of rotatable bonds is 1. The third-order valence-electron chi connectivity index (χ3n) is 3.49. The summed E-state index contributed by atoms with van der Waals surface area (Å²) >= 11 is 0. The first-order valence-corrected chi connectivity index (χ1v) is 7.21. The second-order valence-corrected chi connectivity index (χ2v) is 6.52. The normalized spacial score (nSPS) is 19.8. The molecule has 1 aromatic heterocycles. The molecular weight excluding hydrogens is 270 g/mol. The summed E-state index contributed by atoms with van der Waals surface area (Å²) in [6.45, 7) is 9.64. The predicted octanol–water partition coefficient (Wildman–Crippen LogP) is 1.45. The molecule has 118 valence electrons. The molecule has 0 aromatic carbocycles. The maximum Gasteiger partial charge on any atom is 0.410 e. The van der Waals surface area contributed by atoms with E-state index in [0.29, 0.717) is 25.3 Å². The molecule has 1 atom stereocenters. The quantitative estimate of drug-likeness (QED) is 0.848. The molecule has 0 saturated carbocycles. The van der Waals surface area contributed by atoms with Crippen molar-refractivity contribution in [2.45, 2.75) is 39.3 Å². The van der Waals surface area contributed by atoms with Crippen molar-refractivity contribution in [3.63, 3.8) is 0 Å². The zero-order valence-electron chi connectivity index (χ0n) is 13.5. The molecule has 1 amide bonds. The number of hydrogen-bond acceptors (Lipinski definition) is 5. The van der Waals surface area contributed by atoms with Gasteiger partial charge in [0.05, 0.1) is 11.9 Å². The molecule has 1 aliphatic heterocycles. The van der Waals surface area contributed by atoms with Crippen LogP contribution in [0.2, 0.25) is 0 Å². The van der Waals surface area contributed by atoms with Crippen LogP contribution in [0, 0.1) is 0 Å². The van der Waals surface area contributed by atoms with E-state index in [4.69, 9.17) is 10.5 Å². The van der Waals surface area contributed by atoms with E-state index in [-0.39, 0.29) is 12.1 Å². The first kappa shape index (κ1) is 15.5. The Morgan fingerprint density at radius 1 is 1.43 bits per heavy atom. The molecule has 1 saturated heterocycles. The Hall–Kier alpha value is -1.92. The van der Waals surface area contributed by atoms with Crippen LogP contribution in [0.5, 0.6) is 0 Å². The van der Waals surface area contributed by atoms with Gasteiger partial charge in [-0.1, -0.05) is 0 Å². The molecule has 2 heterocycles. The molecule has 7 heteroatoms. The highest BCUT2D eigenvalue weighted by molar-refractivity contribution is 5.69. The van der Waals surface area contributed by atoms with Gasteiger partial charge in [0.2, 0.25) is 0 Å². The fourth-order valence-corrected chi connectivity index (χ4v) is 2.56. The Morgan fingerprint density at radius 3 is 2.57 bits per heavy atom. The van der Waals surface area contributed by atoms with Gasteiger partial charge in [-0.3, -0.25) is 4.68 Å². The number of nitrogens with two attached hydrogens (primary N) is 1. The standard InChI is InChI=1S/C14H25N5O2/c1-10-9-18(13(20)21-14(2,3)4)6-7-19(10)12-11(15)8-16-17(12)5/h8,10H,6-7,9,15H2,1-5H3/t10-/m1/s1. The van der Waals surface area contributed by atoms with Crippen LogP contribution in [0.25, 0.3) is 0 Å². The summed E-state index contributed by atoms with van der Waals surface area (Å²) in [4.78, 5) is 16.1. The summed E-state index contributed by atoms with van der Waals surface area (Å²) in [7, 11) is 1.87. The van der Waals surface area contributed by atoms with Gasteiger partial charge in [0.1, 0.15) is 11.4 Å². The highest BCUT2D eigenvalue weighted by atomic mass is 16.6. The largest absolute Gasteiger partial charge is 0.444 e. The maximum atomic E-state index is 12.1. The monoisotopic (exact) mass is 295 g/mol. The number of amides is 1. The lowest BCUT2D eigenvalue weighted by molar-refractivity contribution is 0.0218. The number of ether oxygens (including phenoxy) is 1. The Bertz CT molecular complexity index is 500. The van der Waals surface area contributed by atoms with E-state index in [1.807, 2.05) is 27.8 Å². The van der Waals surface area contributed by atoms with Gasteiger partial charge >= 0.3 is 6.09 Å². The Labute approximate surface area is 125 Å². The minimum atomic E-state index is -0.468. The molecule has 0 radical (unpaired) electrons. The van der Waals surface area contributed by atoms with E-state index in [9.17, 15) is 4.79 Å². The molecule has 0 unspecified atom stereocenters. The molecular formula is C14H25N5O2. The highest BCUT2D eigenvalue weighted by Crippen LogP contribution is 2.26. The zero-order chi connectivity index (χ0) is 15.8. The van der Waals surface area contributed by atoms with E-state index >= 15 is 0 Å². The number of aromatic nitrogens is 2. The first-order chi connectivity index (χ1) is 9.69. The Balaban J connectivity index is 2.04. The average Bonchev–Trinajstić information content (AvgIpc) is 2.67. The average molecular weight is 295 g/mol. The lowest BCUT2D eigenvalue weighted by atomic mass is 10.2. The summed E-state index contributed by atoms with van der Waals surface area (Å²) in [5.74, 6) is 0.909. The van der Waals surface area contributed by atoms with Gasteiger partial charge in [-0.25, -0.2) is 4.79 Å². The van der Waals surface area contributed by atoms with Gasteiger partial charge in [0.15, 0.2) is 0 Å². The van der Waals surface area contributed by atoms with Crippen molar-refractivity contribution >= 4 is 17.6 Å². The summed E-state index contributed by atoms with van der Waals surface area (Å²) in [5, 5.41) is 4.17. The number of anilines is 2. The van der Waals surface area contributed by atoms with Crippen molar-refractivity contribution in [2.75, 3.05) is 30.3 Å². The number of carbonyl (C=O) groups excluding carboxylic acids is 1. The number of carbonyl (C=O) groups is 1. The predicted molar refractivity (Wildman–Crippen MR) is 82.2 cm³/mol. The maximum absolute atomic E-state index is 12.1. The molecule has 2 rings (SSSR count). The third kappa shape index (κ3) is 3.40. The van der Waals surface area contributed by atoms with Crippen LogP contribution >= 0.6 is 0 Å². The van der Waals surface area contributed by atoms with Crippen LogP contribution < -0.4 is 10.6 Å². The summed E-state index contributed by atoms with van der Waals surface area (Å²) < 4.78 is 7.20. The van der Waals surface area contributed by atoms with Gasteiger partial charge in [-0.05, 0) is 27.7 Å².